The smallest absolute Gasteiger partial charge is 0.321 e. The minimum absolute atomic E-state index is 0.0780. The van der Waals surface area contributed by atoms with E-state index < -0.39 is 18.0 Å². The summed E-state index contributed by atoms with van der Waals surface area (Å²) in [6.45, 7) is 1.75. The molecule has 15 heavy (non-hydrogen) atoms. The lowest BCUT2D eigenvalue weighted by Crippen LogP contribution is -2.42. The summed E-state index contributed by atoms with van der Waals surface area (Å²) < 4.78 is 0. The predicted octanol–water partition coefficient (Wildman–Crippen LogP) is -1.95. The van der Waals surface area contributed by atoms with Crippen LogP contribution in [-0.4, -0.2) is 54.4 Å². The van der Waals surface area contributed by atoms with E-state index in [1.807, 2.05) is 0 Å². The highest BCUT2D eigenvalue weighted by Gasteiger charge is 2.09. The molecule has 7 heteroatoms. The van der Waals surface area contributed by atoms with Crippen molar-refractivity contribution in [3.8, 4) is 0 Å². The molecule has 0 unspecified atom stereocenters. The van der Waals surface area contributed by atoms with Crippen LogP contribution in [0.1, 0.15) is 6.42 Å². The Morgan fingerprint density at radius 3 is 2.27 bits per heavy atom. The number of nitrogens with one attached hydrogen (secondary N) is 2. The average molecular weight is 219 g/mol. The van der Waals surface area contributed by atoms with Gasteiger partial charge in [0.25, 0.3) is 0 Å². The molecule has 0 amide bonds. The van der Waals surface area contributed by atoms with Crippen LogP contribution in [0.2, 0.25) is 0 Å². The summed E-state index contributed by atoms with van der Waals surface area (Å²) in [4.78, 5) is 20.4. The SMILES string of the molecule is N[C@H](CNCCNCCC(=O)O)C(=O)O. The molecule has 7 nitrogen and oxygen atoms in total. The summed E-state index contributed by atoms with van der Waals surface area (Å²) in [5, 5.41) is 22.5. The molecule has 88 valence electrons. The predicted molar refractivity (Wildman–Crippen MR) is 53.6 cm³/mol. The first kappa shape index (κ1) is 13.8. The Kier molecular flexibility index (Phi) is 7.51. The summed E-state index contributed by atoms with van der Waals surface area (Å²) >= 11 is 0. The van der Waals surface area contributed by atoms with Crippen molar-refractivity contribution in [2.24, 2.45) is 5.73 Å². The Balaban J connectivity index is 3.18. The lowest BCUT2D eigenvalue weighted by atomic mass is 10.3. The van der Waals surface area contributed by atoms with Crippen molar-refractivity contribution >= 4 is 11.9 Å². The van der Waals surface area contributed by atoms with Gasteiger partial charge in [-0.1, -0.05) is 0 Å². The molecule has 0 saturated carbocycles. The maximum Gasteiger partial charge on any atom is 0.321 e. The van der Waals surface area contributed by atoms with Gasteiger partial charge in [-0.3, -0.25) is 9.59 Å². The third-order valence-corrected chi connectivity index (χ3v) is 1.68. The fourth-order valence-electron chi connectivity index (χ4n) is 0.842. The molecule has 0 spiro atoms. The number of hydrogen-bond donors (Lipinski definition) is 5. The van der Waals surface area contributed by atoms with Gasteiger partial charge < -0.3 is 26.6 Å². The second-order valence-corrected chi connectivity index (χ2v) is 3.04. The number of nitrogens with two attached hydrogens (primary N) is 1. The Morgan fingerprint density at radius 2 is 1.73 bits per heavy atom. The molecule has 0 aromatic heterocycles. The van der Waals surface area contributed by atoms with Crippen molar-refractivity contribution in [3.63, 3.8) is 0 Å². The van der Waals surface area contributed by atoms with Crippen LogP contribution in [0.3, 0.4) is 0 Å². The Labute approximate surface area is 87.6 Å². The van der Waals surface area contributed by atoms with E-state index in [0.717, 1.165) is 0 Å². The van der Waals surface area contributed by atoms with Gasteiger partial charge in [0, 0.05) is 26.2 Å². The number of rotatable bonds is 9. The van der Waals surface area contributed by atoms with E-state index in [1.165, 1.54) is 0 Å². The summed E-state index contributed by atoms with van der Waals surface area (Å²) in [7, 11) is 0. The van der Waals surface area contributed by atoms with Crippen molar-refractivity contribution in [2.45, 2.75) is 12.5 Å². The third kappa shape index (κ3) is 9.13. The second-order valence-electron chi connectivity index (χ2n) is 3.04. The molecule has 0 saturated heterocycles. The maximum absolute atomic E-state index is 10.3. The molecule has 1 atom stereocenters. The molecule has 0 heterocycles. The normalized spacial score (nSPS) is 12.3. The van der Waals surface area contributed by atoms with Gasteiger partial charge in [0.2, 0.25) is 0 Å². The van der Waals surface area contributed by atoms with Crippen LogP contribution in [0.15, 0.2) is 0 Å². The van der Waals surface area contributed by atoms with Crippen LogP contribution in [-0.2, 0) is 9.59 Å². The van der Waals surface area contributed by atoms with Crippen LogP contribution in [0, 0.1) is 0 Å². The molecule has 0 bridgehead atoms. The quantitative estimate of drug-likeness (QED) is 0.285. The van der Waals surface area contributed by atoms with Crippen molar-refractivity contribution in [2.75, 3.05) is 26.2 Å². The number of carbonyl (C=O) groups is 2. The van der Waals surface area contributed by atoms with Crippen LogP contribution in [0.5, 0.6) is 0 Å². The minimum Gasteiger partial charge on any atom is -0.481 e. The molecule has 0 rings (SSSR count). The fourth-order valence-corrected chi connectivity index (χ4v) is 0.842. The summed E-state index contributed by atoms with van der Waals surface area (Å²) in [5.74, 6) is -1.88. The largest absolute Gasteiger partial charge is 0.481 e. The lowest BCUT2D eigenvalue weighted by Gasteiger charge is -2.08. The monoisotopic (exact) mass is 219 g/mol. The summed E-state index contributed by atoms with van der Waals surface area (Å²) in [6.07, 6.45) is 0.0780. The van der Waals surface area contributed by atoms with Crippen LogP contribution in [0.4, 0.5) is 0 Å². The van der Waals surface area contributed by atoms with Gasteiger partial charge in [0.05, 0.1) is 6.42 Å². The molecule has 6 N–H and O–H groups in total. The van der Waals surface area contributed by atoms with E-state index in [-0.39, 0.29) is 13.0 Å². The number of carboxylic acids is 2. The van der Waals surface area contributed by atoms with E-state index in [2.05, 4.69) is 10.6 Å². The van der Waals surface area contributed by atoms with E-state index in [1.54, 1.807) is 0 Å². The Morgan fingerprint density at radius 1 is 1.13 bits per heavy atom. The summed E-state index contributed by atoms with van der Waals surface area (Å²) in [5.41, 5.74) is 5.24. The Bertz CT molecular complexity index is 210. The van der Waals surface area contributed by atoms with E-state index in [4.69, 9.17) is 15.9 Å². The number of carboxylic acid groups (broad SMARTS) is 2. The zero-order valence-corrected chi connectivity index (χ0v) is 8.40. The highest BCUT2D eigenvalue weighted by atomic mass is 16.4. The maximum atomic E-state index is 10.3. The molecule has 0 radical (unpaired) electrons. The molecule has 0 aliphatic heterocycles. The molecular weight excluding hydrogens is 202 g/mol. The second kappa shape index (κ2) is 8.16. The van der Waals surface area contributed by atoms with Crippen molar-refractivity contribution < 1.29 is 19.8 Å². The lowest BCUT2D eigenvalue weighted by molar-refractivity contribution is -0.138. The van der Waals surface area contributed by atoms with E-state index in [0.29, 0.717) is 19.6 Å². The third-order valence-electron chi connectivity index (χ3n) is 1.68. The fraction of sp³-hybridized carbons (Fsp3) is 0.750. The van der Waals surface area contributed by atoms with Gasteiger partial charge in [-0.25, -0.2) is 0 Å². The topological polar surface area (TPSA) is 125 Å². The van der Waals surface area contributed by atoms with Gasteiger partial charge in [0.1, 0.15) is 6.04 Å². The molecule has 0 aliphatic carbocycles. The Hall–Kier alpha value is -1.18. The highest BCUT2D eigenvalue weighted by Crippen LogP contribution is 1.76. The van der Waals surface area contributed by atoms with Crippen LogP contribution >= 0.6 is 0 Å². The van der Waals surface area contributed by atoms with Crippen molar-refractivity contribution in [1.82, 2.24) is 10.6 Å². The van der Waals surface area contributed by atoms with Crippen LogP contribution < -0.4 is 16.4 Å². The van der Waals surface area contributed by atoms with Gasteiger partial charge in [0.15, 0.2) is 0 Å². The zero-order chi connectivity index (χ0) is 11.7. The van der Waals surface area contributed by atoms with E-state index >= 15 is 0 Å². The zero-order valence-electron chi connectivity index (χ0n) is 8.40. The average Bonchev–Trinajstić information content (AvgIpc) is 2.15. The molecule has 0 aromatic rings. The van der Waals surface area contributed by atoms with Gasteiger partial charge in [-0.05, 0) is 0 Å². The number of hydrogen-bond acceptors (Lipinski definition) is 5. The highest BCUT2D eigenvalue weighted by molar-refractivity contribution is 5.73. The molecule has 0 aromatic carbocycles. The molecule has 0 fully saturated rings. The van der Waals surface area contributed by atoms with Gasteiger partial charge in [-0.2, -0.15) is 0 Å². The van der Waals surface area contributed by atoms with Crippen LogP contribution in [0.25, 0.3) is 0 Å². The molecule has 0 aliphatic rings. The van der Waals surface area contributed by atoms with Crippen molar-refractivity contribution in [1.29, 1.82) is 0 Å². The molecular formula is C8H17N3O4. The van der Waals surface area contributed by atoms with E-state index in [9.17, 15) is 9.59 Å². The number of aliphatic carboxylic acids is 2. The summed E-state index contributed by atoms with van der Waals surface area (Å²) in [6, 6.07) is -0.899. The van der Waals surface area contributed by atoms with Gasteiger partial charge in [-0.15, -0.1) is 0 Å². The first-order valence-corrected chi connectivity index (χ1v) is 4.65. The standard InChI is InChI=1S/C8H17N3O4/c9-6(8(14)15)5-11-4-3-10-2-1-7(12)13/h6,10-11H,1-5,9H2,(H,12,13)(H,14,15)/t6-/m1/s1. The first-order valence-electron chi connectivity index (χ1n) is 4.65. The minimum atomic E-state index is -1.04. The van der Waals surface area contributed by atoms with Crippen molar-refractivity contribution in [3.05, 3.63) is 0 Å². The van der Waals surface area contributed by atoms with Gasteiger partial charge >= 0.3 is 11.9 Å². The first-order chi connectivity index (χ1) is 7.04.